The Morgan fingerprint density at radius 3 is 1.66 bits per heavy atom. The number of carbonyl (C=O) groups excluding carboxylic acids is 2. The first-order chi connectivity index (χ1) is 20.1. The van der Waals surface area contributed by atoms with Gasteiger partial charge in [-0.3, -0.25) is 9.59 Å². The van der Waals surface area contributed by atoms with Gasteiger partial charge in [-0.2, -0.15) is 0 Å². The number of nitrogens with zero attached hydrogens (tertiary/aromatic N) is 1. The van der Waals surface area contributed by atoms with Gasteiger partial charge in [0.1, 0.15) is 11.5 Å². The molecular weight excluding hydrogens is 510 g/mol. The Balaban J connectivity index is 1.42. The summed E-state index contributed by atoms with van der Waals surface area (Å²) in [6.45, 7) is 0. The maximum Gasteiger partial charge on any atom is 0.312 e. The summed E-state index contributed by atoms with van der Waals surface area (Å²) in [7, 11) is 0. The van der Waals surface area contributed by atoms with E-state index >= 15 is 0 Å². The summed E-state index contributed by atoms with van der Waals surface area (Å²) >= 11 is 0. The third kappa shape index (κ3) is 4.51. The summed E-state index contributed by atoms with van der Waals surface area (Å²) in [5.41, 5.74) is 3.15. The minimum absolute atomic E-state index is 0.0653. The zero-order valence-electron chi connectivity index (χ0n) is 22.1. The van der Waals surface area contributed by atoms with Crippen LogP contribution in [-0.2, 0) is 15.0 Å². The highest BCUT2D eigenvalue weighted by Crippen LogP contribution is 2.54. The van der Waals surface area contributed by atoms with E-state index in [1.807, 2.05) is 78.9 Å². The van der Waals surface area contributed by atoms with Crippen molar-refractivity contribution in [3.05, 3.63) is 139 Å². The molecule has 0 unspecified atom stereocenters. The Hall–Kier alpha value is -5.29. The van der Waals surface area contributed by atoms with E-state index in [1.165, 1.54) is 0 Å². The predicted molar refractivity (Wildman–Crippen MR) is 159 cm³/mol. The lowest BCUT2D eigenvalue weighted by Gasteiger charge is -2.30. The molecule has 41 heavy (non-hydrogen) atoms. The second-order valence-electron chi connectivity index (χ2n) is 10.3. The molecule has 0 saturated heterocycles. The summed E-state index contributed by atoms with van der Waals surface area (Å²) in [6, 6.07) is 40.2. The largest absolute Gasteiger partial charge is 0.426 e. The van der Waals surface area contributed by atoms with Crippen molar-refractivity contribution in [2.24, 2.45) is 0 Å². The molecule has 0 amide bonds. The number of para-hydroxylation sites is 3. The SMILES string of the molecule is O=C(CC1(CC(=O)Oc2ccccc2)c2cc3ccccc3cc2-c2nc3ccccc3cc21)Oc1ccccc1. The summed E-state index contributed by atoms with van der Waals surface area (Å²) in [5, 5.41) is 3.00. The molecule has 0 spiro atoms. The number of hydrogen-bond acceptors (Lipinski definition) is 5. The van der Waals surface area contributed by atoms with Crippen LogP contribution in [0, 0.1) is 0 Å². The van der Waals surface area contributed by atoms with Crippen molar-refractivity contribution in [2.45, 2.75) is 18.3 Å². The van der Waals surface area contributed by atoms with E-state index in [4.69, 9.17) is 14.5 Å². The third-order valence-electron chi connectivity index (χ3n) is 7.74. The lowest BCUT2D eigenvalue weighted by molar-refractivity contribution is -0.138. The molecule has 6 aromatic rings. The van der Waals surface area contributed by atoms with Gasteiger partial charge in [-0.1, -0.05) is 78.9 Å². The standard InChI is InChI=1S/C36H25NO4/c38-33(40-27-14-3-1-4-15-27)22-36(23-34(39)41-28-16-5-2-6-17-28)30-20-25-12-8-7-11-24(25)19-29(30)35-31(36)21-26-13-9-10-18-32(26)37-35/h1-21H,22-23H2. The van der Waals surface area contributed by atoms with E-state index < -0.39 is 17.4 Å². The molecule has 0 bridgehead atoms. The fourth-order valence-corrected chi connectivity index (χ4v) is 5.91. The summed E-state index contributed by atoms with van der Waals surface area (Å²) in [5.74, 6) is 0.0221. The van der Waals surface area contributed by atoms with Gasteiger partial charge in [0.2, 0.25) is 0 Å². The zero-order valence-corrected chi connectivity index (χ0v) is 22.1. The topological polar surface area (TPSA) is 65.5 Å². The molecule has 0 atom stereocenters. The number of aromatic nitrogens is 1. The highest BCUT2D eigenvalue weighted by atomic mass is 16.5. The summed E-state index contributed by atoms with van der Waals surface area (Å²) in [4.78, 5) is 32.4. The molecule has 1 heterocycles. The van der Waals surface area contributed by atoms with Crippen LogP contribution < -0.4 is 9.47 Å². The molecule has 5 aromatic carbocycles. The number of pyridine rings is 1. The first-order valence-corrected chi connectivity index (χ1v) is 13.5. The van der Waals surface area contributed by atoms with Crippen molar-refractivity contribution in [1.82, 2.24) is 4.98 Å². The van der Waals surface area contributed by atoms with Crippen molar-refractivity contribution in [2.75, 3.05) is 0 Å². The number of carbonyl (C=O) groups is 2. The van der Waals surface area contributed by atoms with Gasteiger partial charge in [0, 0.05) is 16.4 Å². The van der Waals surface area contributed by atoms with Gasteiger partial charge >= 0.3 is 11.9 Å². The van der Waals surface area contributed by atoms with Crippen molar-refractivity contribution in [3.8, 4) is 22.8 Å². The molecule has 0 radical (unpaired) electrons. The van der Waals surface area contributed by atoms with Crippen LogP contribution in [0.5, 0.6) is 11.5 Å². The second-order valence-corrected chi connectivity index (χ2v) is 10.3. The van der Waals surface area contributed by atoms with Crippen LogP contribution in [0.4, 0.5) is 0 Å². The average Bonchev–Trinajstić information content (AvgIpc) is 3.23. The monoisotopic (exact) mass is 535 g/mol. The normalized spacial score (nSPS) is 13.0. The molecule has 1 aromatic heterocycles. The number of rotatable bonds is 6. The van der Waals surface area contributed by atoms with Gasteiger partial charge in [-0.25, -0.2) is 4.98 Å². The van der Waals surface area contributed by atoms with E-state index in [9.17, 15) is 9.59 Å². The predicted octanol–water partition coefficient (Wildman–Crippen LogP) is 7.65. The van der Waals surface area contributed by atoms with Crippen LogP contribution in [0.2, 0.25) is 0 Å². The quantitative estimate of drug-likeness (QED) is 0.162. The van der Waals surface area contributed by atoms with E-state index in [-0.39, 0.29) is 12.8 Å². The highest BCUT2D eigenvalue weighted by Gasteiger charge is 2.48. The summed E-state index contributed by atoms with van der Waals surface area (Å²) in [6.07, 6.45) is -0.131. The smallest absolute Gasteiger partial charge is 0.312 e. The highest BCUT2D eigenvalue weighted by molar-refractivity contribution is 5.97. The fraction of sp³-hybridized carbons (Fsp3) is 0.0833. The molecule has 0 aliphatic heterocycles. The molecule has 5 nitrogen and oxygen atoms in total. The van der Waals surface area contributed by atoms with E-state index in [2.05, 4.69) is 24.3 Å². The van der Waals surface area contributed by atoms with Gasteiger partial charge in [-0.05, 0) is 70.4 Å². The van der Waals surface area contributed by atoms with Crippen LogP contribution in [0.25, 0.3) is 32.9 Å². The molecule has 5 heteroatoms. The van der Waals surface area contributed by atoms with Crippen molar-refractivity contribution in [3.63, 3.8) is 0 Å². The van der Waals surface area contributed by atoms with Crippen LogP contribution in [-0.4, -0.2) is 16.9 Å². The number of fused-ring (bicyclic) bond motifs is 5. The zero-order chi connectivity index (χ0) is 27.8. The maximum atomic E-state index is 13.7. The molecule has 1 aliphatic carbocycles. The Morgan fingerprint density at radius 2 is 1.05 bits per heavy atom. The minimum Gasteiger partial charge on any atom is -0.426 e. The Bertz CT molecular complexity index is 1790. The van der Waals surface area contributed by atoms with Crippen LogP contribution in [0.15, 0.2) is 127 Å². The molecule has 198 valence electrons. The van der Waals surface area contributed by atoms with E-state index in [1.54, 1.807) is 24.3 Å². The number of esters is 2. The van der Waals surface area contributed by atoms with Crippen LogP contribution in [0.3, 0.4) is 0 Å². The maximum absolute atomic E-state index is 13.7. The van der Waals surface area contributed by atoms with Crippen molar-refractivity contribution in [1.29, 1.82) is 0 Å². The van der Waals surface area contributed by atoms with Gasteiger partial charge in [0.25, 0.3) is 0 Å². The Kier molecular flexibility index (Phi) is 6.05. The number of benzene rings is 5. The lowest BCUT2D eigenvalue weighted by Crippen LogP contribution is -2.34. The van der Waals surface area contributed by atoms with Crippen molar-refractivity contribution >= 4 is 33.6 Å². The molecule has 0 saturated carbocycles. The lowest BCUT2D eigenvalue weighted by atomic mass is 9.72. The minimum atomic E-state index is -1.05. The third-order valence-corrected chi connectivity index (χ3v) is 7.74. The van der Waals surface area contributed by atoms with E-state index in [0.29, 0.717) is 11.5 Å². The van der Waals surface area contributed by atoms with Gasteiger partial charge < -0.3 is 9.47 Å². The molecule has 7 rings (SSSR count). The second kappa shape index (κ2) is 10.0. The molecular formula is C36H25NO4. The first-order valence-electron chi connectivity index (χ1n) is 13.5. The fourth-order valence-electron chi connectivity index (χ4n) is 5.91. The van der Waals surface area contributed by atoms with Gasteiger partial charge in [0.05, 0.1) is 24.1 Å². The Morgan fingerprint density at radius 1 is 0.561 bits per heavy atom. The Labute approximate surface area is 237 Å². The van der Waals surface area contributed by atoms with Gasteiger partial charge in [-0.15, -0.1) is 0 Å². The van der Waals surface area contributed by atoms with Gasteiger partial charge in [0.15, 0.2) is 0 Å². The van der Waals surface area contributed by atoms with Crippen molar-refractivity contribution < 1.29 is 19.1 Å². The van der Waals surface area contributed by atoms with Crippen LogP contribution in [0.1, 0.15) is 24.0 Å². The number of hydrogen-bond donors (Lipinski definition) is 0. The number of ether oxygens (including phenoxy) is 2. The average molecular weight is 536 g/mol. The molecule has 0 fully saturated rings. The molecule has 0 N–H and O–H groups in total. The van der Waals surface area contributed by atoms with Crippen LogP contribution >= 0.6 is 0 Å². The van der Waals surface area contributed by atoms with E-state index in [0.717, 1.165) is 44.1 Å². The summed E-state index contributed by atoms with van der Waals surface area (Å²) < 4.78 is 11.6. The molecule has 1 aliphatic rings. The first kappa shape index (κ1) is 24.7.